The smallest absolute Gasteiger partial charge is 0.194 e. The predicted octanol–water partition coefficient (Wildman–Crippen LogP) is 5.54. The van der Waals surface area contributed by atoms with Crippen LogP contribution in [0.5, 0.6) is 0 Å². The number of benzene rings is 3. The maximum absolute atomic E-state index is 12.2. The lowest BCUT2D eigenvalue weighted by Gasteiger charge is -2.04. The number of hydrogen-bond donors (Lipinski definition) is 0. The van der Waals surface area contributed by atoms with Crippen molar-refractivity contribution in [3.63, 3.8) is 0 Å². The fourth-order valence-electron chi connectivity index (χ4n) is 3.77. The molecule has 4 heteroatoms. The van der Waals surface area contributed by atoms with Crippen LogP contribution < -0.4 is 0 Å². The first-order valence-corrected chi connectivity index (χ1v) is 9.61. The highest BCUT2D eigenvalue weighted by molar-refractivity contribution is 6.24. The van der Waals surface area contributed by atoms with Crippen molar-refractivity contribution in [3.05, 3.63) is 101 Å². The summed E-state index contributed by atoms with van der Waals surface area (Å²) in [6, 6.07) is 22.4. The van der Waals surface area contributed by atoms with Crippen molar-refractivity contribution in [2.24, 2.45) is 0 Å². The molecule has 0 aliphatic heterocycles. The van der Waals surface area contributed by atoms with Gasteiger partial charge in [0.15, 0.2) is 17.3 Å². The van der Waals surface area contributed by atoms with E-state index in [1.54, 1.807) is 24.4 Å². The fourth-order valence-corrected chi connectivity index (χ4v) is 3.77. The van der Waals surface area contributed by atoms with E-state index in [4.69, 9.17) is 0 Å². The topological polar surface area (TPSA) is 64.1 Å². The van der Waals surface area contributed by atoms with Crippen LogP contribution in [0.25, 0.3) is 21.9 Å². The lowest BCUT2D eigenvalue weighted by atomic mass is 9.97. The largest absolute Gasteiger partial charge is 0.294 e. The molecule has 1 heterocycles. The Balaban J connectivity index is 0.000000151. The van der Waals surface area contributed by atoms with Gasteiger partial charge in [-0.15, -0.1) is 0 Å². The van der Waals surface area contributed by atoms with Crippen molar-refractivity contribution in [3.8, 4) is 11.1 Å². The highest BCUT2D eigenvalue weighted by Gasteiger charge is 2.28. The molecule has 0 N–H and O–H groups in total. The monoisotopic (exact) mass is 393 g/mol. The van der Waals surface area contributed by atoms with Crippen LogP contribution in [0.1, 0.15) is 50.6 Å². The Morgan fingerprint density at radius 3 is 2.10 bits per heavy atom. The molecule has 0 bridgehead atoms. The van der Waals surface area contributed by atoms with E-state index in [1.165, 1.54) is 13.8 Å². The van der Waals surface area contributed by atoms with Crippen molar-refractivity contribution in [1.29, 1.82) is 0 Å². The summed E-state index contributed by atoms with van der Waals surface area (Å²) >= 11 is 0. The molecular weight excluding hydrogens is 374 g/mol. The second-order valence-corrected chi connectivity index (χ2v) is 7.10. The molecule has 1 aromatic heterocycles. The fraction of sp³-hybridized carbons (Fsp3) is 0.0769. The van der Waals surface area contributed by atoms with Crippen LogP contribution in [-0.4, -0.2) is 22.3 Å². The summed E-state index contributed by atoms with van der Waals surface area (Å²) in [5.41, 5.74) is 4.17. The van der Waals surface area contributed by atoms with Gasteiger partial charge < -0.3 is 0 Å². The van der Waals surface area contributed by atoms with Gasteiger partial charge in [-0.2, -0.15) is 0 Å². The van der Waals surface area contributed by atoms with Gasteiger partial charge in [0.25, 0.3) is 0 Å². The molecule has 0 fully saturated rings. The van der Waals surface area contributed by atoms with Gasteiger partial charge in [-0.25, -0.2) is 0 Å². The number of ketones is 3. The molecule has 3 aromatic carbocycles. The van der Waals surface area contributed by atoms with Crippen LogP contribution in [0, 0.1) is 0 Å². The molecule has 4 aromatic rings. The lowest BCUT2D eigenvalue weighted by molar-refractivity contribution is 0.100. The number of Topliss-reactive ketones (excluding diaryl/α,β-unsaturated/α-hetero) is 2. The van der Waals surface area contributed by atoms with Crippen molar-refractivity contribution >= 4 is 28.1 Å². The number of hydrogen-bond acceptors (Lipinski definition) is 4. The van der Waals surface area contributed by atoms with Gasteiger partial charge in [-0.05, 0) is 23.9 Å². The van der Waals surface area contributed by atoms with Gasteiger partial charge in [0.1, 0.15) is 5.69 Å². The zero-order chi connectivity index (χ0) is 21.3. The molecule has 30 heavy (non-hydrogen) atoms. The number of carbonyl (C=O) groups is 3. The summed E-state index contributed by atoms with van der Waals surface area (Å²) < 4.78 is 0. The summed E-state index contributed by atoms with van der Waals surface area (Å²) in [7, 11) is 0. The Bertz CT molecular complexity index is 1320. The van der Waals surface area contributed by atoms with Crippen LogP contribution in [0.15, 0.2) is 79.0 Å². The Kier molecular flexibility index (Phi) is 5.07. The molecule has 5 rings (SSSR count). The number of fused-ring (bicyclic) bond motifs is 4. The molecule has 1 aliphatic carbocycles. The van der Waals surface area contributed by atoms with E-state index >= 15 is 0 Å². The van der Waals surface area contributed by atoms with Crippen LogP contribution in [-0.2, 0) is 0 Å². The third kappa shape index (κ3) is 3.33. The molecule has 1 aliphatic rings. The van der Waals surface area contributed by atoms with Crippen LogP contribution >= 0.6 is 0 Å². The zero-order valence-corrected chi connectivity index (χ0v) is 16.7. The molecule has 0 atom stereocenters. The third-order valence-corrected chi connectivity index (χ3v) is 5.14. The van der Waals surface area contributed by atoms with Crippen molar-refractivity contribution in [2.45, 2.75) is 13.8 Å². The predicted molar refractivity (Wildman–Crippen MR) is 117 cm³/mol. The summed E-state index contributed by atoms with van der Waals surface area (Å²) in [5, 5.41) is 1.99. The Morgan fingerprint density at radius 2 is 1.37 bits per heavy atom. The van der Waals surface area contributed by atoms with Gasteiger partial charge in [0.05, 0.1) is 0 Å². The summed E-state index contributed by atoms with van der Waals surface area (Å²) in [6.07, 6.45) is 1.67. The van der Waals surface area contributed by atoms with Gasteiger partial charge in [0, 0.05) is 40.8 Å². The molecule has 0 saturated heterocycles. The lowest BCUT2D eigenvalue weighted by Crippen LogP contribution is -1.98. The molecule has 0 unspecified atom stereocenters. The van der Waals surface area contributed by atoms with Crippen LogP contribution in [0.4, 0.5) is 0 Å². The average molecular weight is 393 g/mol. The number of nitrogens with zero attached hydrogens (tertiary/aromatic N) is 1. The van der Waals surface area contributed by atoms with Crippen LogP contribution in [0.2, 0.25) is 0 Å². The molecular formula is C26H19NO3. The first-order valence-electron chi connectivity index (χ1n) is 9.61. The minimum atomic E-state index is -0.00801. The molecule has 0 radical (unpaired) electrons. The normalized spacial score (nSPS) is 11.3. The summed E-state index contributed by atoms with van der Waals surface area (Å²) in [4.78, 5) is 39.0. The Labute approximate surface area is 174 Å². The van der Waals surface area contributed by atoms with Gasteiger partial charge in [-0.3, -0.25) is 19.4 Å². The highest BCUT2D eigenvalue weighted by Crippen LogP contribution is 2.38. The van der Waals surface area contributed by atoms with Crippen molar-refractivity contribution < 1.29 is 14.4 Å². The van der Waals surface area contributed by atoms with E-state index in [0.29, 0.717) is 22.4 Å². The first kappa shape index (κ1) is 19.4. The van der Waals surface area contributed by atoms with Gasteiger partial charge in [-0.1, -0.05) is 66.7 Å². The second kappa shape index (κ2) is 7.84. The Hall–Kier alpha value is -3.92. The summed E-state index contributed by atoms with van der Waals surface area (Å²) in [5.74, 6) is 0.0156. The summed E-state index contributed by atoms with van der Waals surface area (Å²) in [6.45, 7) is 3.07. The van der Waals surface area contributed by atoms with E-state index in [2.05, 4.69) is 4.98 Å². The van der Waals surface area contributed by atoms with E-state index in [-0.39, 0.29) is 17.3 Å². The average Bonchev–Trinajstić information content (AvgIpc) is 3.06. The molecule has 4 nitrogen and oxygen atoms in total. The molecule has 0 spiro atoms. The van der Waals surface area contributed by atoms with Crippen LogP contribution in [0.3, 0.4) is 0 Å². The third-order valence-electron chi connectivity index (χ3n) is 5.14. The molecule has 146 valence electrons. The SMILES string of the molecule is CC(=O)c1cccc2c1-c1ccccc1C2=O.CC(=O)c1nccc2ccccc12. The maximum Gasteiger partial charge on any atom is 0.194 e. The van der Waals surface area contributed by atoms with Gasteiger partial charge in [0.2, 0.25) is 0 Å². The zero-order valence-electron chi connectivity index (χ0n) is 16.7. The van der Waals surface area contributed by atoms with E-state index in [9.17, 15) is 14.4 Å². The van der Waals surface area contributed by atoms with E-state index in [1.807, 2.05) is 54.6 Å². The standard InChI is InChI=1S/C15H10O2.C11H9NO/c1-9(16)10-7-4-8-13-14(10)11-5-2-3-6-12(11)15(13)17;1-8(13)11-10-5-3-2-4-9(10)6-7-12-11/h2-8H,1H3;2-7H,1H3. The number of rotatable bonds is 2. The quantitative estimate of drug-likeness (QED) is 0.370. The number of aromatic nitrogens is 1. The minimum absolute atomic E-state index is 0.00801. The maximum atomic E-state index is 12.2. The number of carbonyl (C=O) groups excluding carboxylic acids is 3. The first-order chi connectivity index (χ1) is 14.5. The number of pyridine rings is 1. The highest BCUT2D eigenvalue weighted by atomic mass is 16.1. The van der Waals surface area contributed by atoms with Crippen molar-refractivity contribution in [2.75, 3.05) is 0 Å². The van der Waals surface area contributed by atoms with E-state index in [0.717, 1.165) is 21.9 Å². The molecule has 0 saturated carbocycles. The van der Waals surface area contributed by atoms with E-state index < -0.39 is 0 Å². The minimum Gasteiger partial charge on any atom is -0.294 e. The second-order valence-electron chi connectivity index (χ2n) is 7.10. The molecule has 0 amide bonds. The Morgan fingerprint density at radius 1 is 0.700 bits per heavy atom. The van der Waals surface area contributed by atoms with Crippen molar-refractivity contribution in [1.82, 2.24) is 4.98 Å². The van der Waals surface area contributed by atoms with Gasteiger partial charge >= 0.3 is 0 Å².